The summed E-state index contributed by atoms with van der Waals surface area (Å²) < 4.78 is 0. The van der Waals surface area contributed by atoms with Crippen LogP contribution >= 0.6 is 22.9 Å². The molecule has 1 atom stereocenters. The van der Waals surface area contributed by atoms with Gasteiger partial charge in [0.2, 0.25) is 0 Å². The van der Waals surface area contributed by atoms with Crippen molar-refractivity contribution in [3.05, 3.63) is 20.8 Å². The van der Waals surface area contributed by atoms with Gasteiger partial charge in [-0.1, -0.05) is 23.7 Å². The van der Waals surface area contributed by atoms with Crippen LogP contribution in [0.25, 0.3) is 0 Å². The van der Waals surface area contributed by atoms with Crippen LogP contribution in [0.15, 0.2) is 10.5 Å². The number of nitrogens with one attached hydrogen (secondary N) is 1. The van der Waals surface area contributed by atoms with Crippen molar-refractivity contribution in [1.82, 2.24) is 5.32 Å². The number of hydrogen-bond donors (Lipinski definition) is 3. The largest absolute Gasteiger partial charge is 0.409 e. The molecule has 0 aliphatic heterocycles. The van der Waals surface area contributed by atoms with Crippen LogP contribution in [0.5, 0.6) is 0 Å². The molecule has 17 heavy (non-hydrogen) atoms. The second-order valence-electron chi connectivity index (χ2n) is 3.52. The third-order valence-electron chi connectivity index (χ3n) is 2.29. The van der Waals surface area contributed by atoms with Gasteiger partial charge in [0.1, 0.15) is 4.88 Å². The van der Waals surface area contributed by atoms with Crippen molar-refractivity contribution in [2.24, 2.45) is 10.9 Å². The van der Waals surface area contributed by atoms with Crippen molar-refractivity contribution in [2.75, 3.05) is 0 Å². The Labute approximate surface area is 108 Å². The lowest BCUT2D eigenvalue weighted by Crippen LogP contribution is -2.44. The van der Waals surface area contributed by atoms with Crippen LogP contribution in [0.1, 0.15) is 28.6 Å². The molecule has 1 unspecified atom stereocenters. The fourth-order valence-electron chi connectivity index (χ4n) is 1.26. The van der Waals surface area contributed by atoms with Gasteiger partial charge in [-0.05, 0) is 24.3 Å². The zero-order valence-corrected chi connectivity index (χ0v) is 11.1. The standard InChI is InChI=1S/C10H14ClN3O2S/c1-3-6(9(12)14-16)13-10(15)8-7(11)5(2)4-17-8/h4,6,16H,3H2,1-2H3,(H2,12,14)(H,13,15). The molecule has 1 amide bonds. The van der Waals surface area contributed by atoms with E-state index >= 15 is 0 Å². The minimum Gasteiger partial charge on any atom is -0.409 e. The lowest BCUT2D eigenvalue weighted by atomic mass is 10.2. The SMILES string of the molecule is CCC(NC(=O)c1scc(C)c1Cl)/C(N)=N/O. The van der Waals surface area contributed by atoms with E-state index in [2.05, 4.69) is 10.5 Å². The molecule has 4 N–H and O–H groups in total. The average Bonchev–Trinajstić information content (AvgIpc) is 2.66. The molecule has 1 aromatic rings. The predicted molar refractivity (Wildman–Crippen MR) is 69.0 cm³/mol. The molecule has 0 spiro atoms. The van der Waals surface area contributed by atoms with E-state index < -0.39 is 6.04 Å². The summed E-state index contributed by atoms with van der Waals surface area (Å²) in [6.45, 7) is 3.65. The van der Waals surface area contributed by atoms with E-state index in [1.807, 2.05) is 19.2 Å². The summed E-state index contributed by atoms with van der Waals surface area (Å²) >= 11 is 7.25. The summed E-state index contributed by atoms with van der Waals surface area (Å²) in [5.74, 6) is -0.336. The van der Waals surface area contributed by atoms with E-state index in [4.69, 9.17) is 22.5 Å². The summed E-state index contributed by atoms with van der Waals surface area (Å²) in [7, 11) is 0. The molecule has 0 aromatic carbocycles. The van der Waals surface area contributed by atoms with Crippen molar-refractivity contribution in [3.8, 4) is 0 Å². The molecule has 1 heterocycles. The highest BCUT2D eigenvalue weighted by Crippen LogP contribution is 2.26. The number of halogens is 1. The zero-order valence-electron chi connectivity index (χ0n) is 9.53. The Bertz CT molecular complexity index is 445. The minimum absolute atomic E-state index is 0.0229. The van der Waals surface area contributed by atoms with Crippen LogP contribution in [0.4, 0.5) is 0 Å². The molecule has 94 valence electrons. The van der Waals surface area contributed by atoms with Gasteiger partial charge in [0, 0.05) is 0 Å². The maximum atomic E-state index is 11.9. The van der Waals surface area contributed by atoms with E-state index in [1.165, 1.54) is 11.3 Å². The quantitative estimate of drug-likeness (QED) is 0.340. The first-order valence-electron chi connectivity index (χ1n) is 5.03. The molecule has 7 heteroatoms. The number of rotatable bonds is 4. The van der Waals surface area contributed by atoms with Crippen LogP contribution < -0.4 is 11.1 Å². The van der Waals surface area contributed by atoms with Crippen molar-refractivity contribution in [2.45, 2.75) is 26.3 Å². The Hall–Kier alpha value is -1.27. The van der Waals surface area contributed by atoms with Gasteiger partial charge in [0.25, 0.3) is 5.91 Å². The molecule has 0 fully saturated rings. The molecular weight excluding hydrogens is 262 g/mol. The molecule has 0 saturated carbocycles. The first kappa shape index (κ1) is 13.8. The highest BCUT2D eigenvalue weighted by molar-refractivity contribution is 7.13. The summed E-state index contributed by atoms with van der Waals surface area (Å²) in [5.41, 5.74) is 6.31. The summed E-state index contributed by atoms with van der Waals surface area (Å²) in [6, 6.07) is -0.494. The Morgan fingerprint density at radius 1 is 1.76 bits per heavy atom. The summed E-state index contributed by atoms with van der Waals surface area (Å²) in [4.78, 5) is 12.3. The van der Waals surface area contributed by atoms with E-state index in [1.54, 1.807) is 0 Å². The van der Waals surface area contributed by atoms with Crippen LogP contribution in [0.3, 0.4) is 0 Å². The van der Waals surface area contributed by atoms with Crippen molar-refractivity contribution >= 4 is 34.7 Å². The fourth-order valence-corrected chi connectivity index (χ4v) is 2.44. The lowest BCUT2D eigenvalue weighted by Gasteiger charge is -2.14. The van der Waals surface area contributed by atoms with Gasteiger partial charge in [-0.15, -0.1) is 11.3 Å². The third kappa shape index (κ3) is 3.10. The smallest absolute Gasteiger partial charge is 0.263 e. The van der Waals surface area contributed by atoms with Gasteiger partial charge in [0.15, 0.2) is 5.84 Å². The molecular formula is C10H14ClN3O2S. The third-order valence-corrected chi connectivity index (χ3v) is 3.99. The minimum atomic E-state index is -0.494. The topological polar surface area (TPSA) is 87.7 Å². The molecule has 5 nitrogen and oxygen atoms in total. The van der Waals surface area contributed by atoms with Gasteiger partial charge in [-0.2, -0.15) is 0 Å². The van der Waals surface area contributed by atoms with Crippen molar-refractivity contribution in [3.63, 3.8) is 0 Å². The van der Waals surface area contributed by atoms with E-state index in [0.717, 1.165) is 5.56 Å². The van der Waals surface area contributed by atoms with Crippen LogP contribution in [0.2, 0.25) is 5.02 Å². The number of amidine groups is 1. The predicted octanol–water partition coefficient (Wildman–Crippen LogP) is 1.96. The molecule has 1 rings (SSSR count). The van der Waals surface area contributed by atoms with E-state index in [-0.39, 0.29) is 11.7 Å². The van der Waals surface area contributed by atoms with Gasteiger partial charge in [0.05, 0.1) is 11.1 Å². The molecule has 0 bridgehead atoms. The molecule has 0 aliphatic rings. The number of nitrogens with zero attached hydrogens (tertiary/aromatic N) is 1. The number of hydrogen-bond acceptors (Lipinski definition) is 4. The second-order valence-corrected chi connectivity index (χ2v) is 4.78. The van der Waals surface area contributed by atoms with E-state index in [0.29, 0.717) is 16.3 Å². The Kier molecular flexibility index (Phi) is 4.77. The normalized spacial score (nSPS) is 13.5. The Morgan fingerprint density at radius 3 is 2.82 bits per heavy atom. The zero-order chi connectivity index (χ0) is 13.0. The maximum Gasteiger partial charge on any atom is 0.263 e. The first-order chi connectivity index (χ1) is 8.01. The van der Waals surface area contributed by atoms with Gasteiger partial charge in [-0.25, -0.2) is 0 Å². The monoisotopic (exact) mass is 275 g/mol. The molecule has 0 radical (unpaired) electrons. The van der Waals surface area contributed by atoms with Crippen molar-refractivity contribution < 1.29 is 10.0 Å². The van der Waals surface area contributed by atoms with E-state index in [9.17, 15) is 4.79 Å². The van der Waals surface area contributed by atoms with Crippen molar-refractivity contribution in [1.29, 1.82) is 0 Å². The number of carbonyl (C=O) groups is 1. The second kappa shape index (κ2) is 5.88. The van der Waals surface area contributed by atoms with Crippen LogP contribution in [0, 0.1) is 6.92 Å². The van der Waals surface area contributed by atoms with Crippen LogP contribution in [-0.2, 0) is 0 Å². The fraction of sp³-hybridized carbons (Fsp3) is 0.400. The number of carbonyl (C=O) groups excluding carboxylic acids is 1. The molecule has 0 aliphatic carbocycles. The molecule has 1 aromatic heterocycles. The lowest BCUT2D eigenvalue weighted by molar-refractivity contribution is 0.0950. The summed E-state index contributed by atoms with van der Waals surface area (Å²) in [6.07, 6.45) is 0.531. The average molecular weight is 276 g/mol. The van der Waals surface area contributed by atoms with Gasteiger partial charge < -0.3 is 16.3 Å². The number of amides is 1. The Morgan fingerprint density at radius 2 is 2.41 bits per heavy atom. The summed E-state index contributed by atoms with van der Waals surface area (Å²) in [5, 5.41) is 16.4. The Balaban J connectivity index is 2.82. The number of nitrogens with two attached hydrogens (primary N) is 1. The van der Waals surface area contributed by atoms with Crippen LogP contribution in [-0.4, -0.2) is 23.0 Å². The highest BCUT2D eigenvalue weighted by Gasteiger charge is 2.19. The highest BCUT2D eigenvalue weighted by atomic mass is 35.5. The number of oxime groups is 1. The first-order valence-corrected chi connectivity index (χ1v) is 6.28. The van der Waals surface area contributed by atoms with Gasteiger partial charge in [-0.3, -0.25) is 4.79 Å². The molecule has 0 saturated heterocycles. The van der Waals surface area contributed by atoms with Gasteiger partial charge >= 0.3 is 0 Å². The maximum absolute atomic E-state index is 11.9. The number of thiophene rings is 1. The number of aryl methyl sites for hydroxylation is 1.